The van der Waals surface area contributed by atoms with Crippen molar-refractivity contribution in [2.75, 3.05) is 13.1 Å². The first-order valence-electron chi connectivity index (χ1n) is 11.9. The van der Waals surface area contributed by atoms with Crippen LogP contribution in [0.2, 0.25) is 0 Å². The highest BCUT2D eigenvalue weighted by Gasteiger charge is 2.49. The number of carbonyl (C=O) groups excluding carboxylic acids is 1. The molecule has 1 saturated carbocycles. The molecule has 2 aromatic carbocycles. The maximum atomic E-state index is 12.8. The number of para-hydroxylation sites is 1. The predicted molar refractivity (Wildman–Crippen MR) is 128 cm³/mol. The molecule has 1 saturated heterocycles. The third-order valence-corrected chi connectivity index (χ3v) is 6.86. The van der Waals surface area contributed by atoms with Gasteiger partial charge >= 0.3 is 6.09 Å². The highest BCUT2D eigenvalue weighted by Crippen LogP contribution is 2.41. The van der Waals surface area contributed by atoms with E-state index in [1.165, 1.54) is 0 Å². The number of aromatic nitrogens is 2. The van der Waals surface area contributed by atoms with Crippen LogP contribution in [-0.4, -0.2) is 44.8 Å². The molecule has 1 amide bonds. The molecular weight excluding hydrogens is 428 g/mol. The molecule has 2 atom stereocenters. The number of hydrogen-bond donors (Lipinski definition) is 0. The fraction of sp³-hybridized carbons (Fsp3) is 0.444. The van der Waals surface area contributed by atoms with Crippen LogP contribution >= 0.6 is 0 Å². The fourth-order valence-corrected chi connectivity index (χ4v) is 5.51. The second-order valence-corrected chi connectivity index (χ2v) is 10.3. The van der Waals surface area contributed by atoms with Crippen LogP contribution in [0.5, 0.6) is 5.75 Å². The minimum atomic E-state index is -0.530. The number of nitriles is 1. The van der Waals surface area contributed by atoms with Crippen LogP contribution in [0.3, 0.4) is 0 Å². The summed E-state index contributed by atoms with van der Waals surface area (Å²) < 4.78 is 14.4. The molecule has 0 unspecified atom stereocenters. The van der Waals surface area contributed by atoms with Crippen LogP contribution in [0, 0.1) is 17.2 Å². The summed E-state index contributed by atoms with van der Waals surface area (Å²) in [6, 6.07) is 17.5. The molecule has 7 nitrogen and oxygen atoms in total. The van der Waals surface area contributed by atoms with Gasteiger partial charge in [-0.05, 0) is 75.8 Å². The van der Waals surface area contributed by atoms with Crippen molar-refractivity contribution in [3.63, 3.8) is 0 Å². The van der Waals surface area contributed by atoms with E-state index in [0.29, 0.717) is 24.6 Å². The van der Waals surface area contributed by atoms with E-state index in [1.54, 1.807) is 4.90 Å². The van der Waals surface area contributed by atoms with Gasteiger partial charge in [0.15, 0.2) is 0 Å². The van der Waals surface area contributed by atoms with E-state index in [2.05, 4.69) is 15.6 Å². The van der Waals surface area contributed by atoms with Gasteiger partial charge in [-0.2, -0.15) is 5.26 Å². The van der Waals surface area contributed by atoms with Crippen molar-refractivity contribution in [3.8, 4) is 11.8 Å². The Balaban J connectivity index is 1.25. The van der Waals surface area contributed by atoms with Crippen molar-refractivity contribution in [3.05, 3.63) is 60.4 Å². The lowest BCUT2D eigenvalue weighted by Crippen LogP contribution is -2.45. The molecule has 176 valence electrons. The summed E-state index contributed by atoms with van der Waals surface area (Å²) >= 11 is 0. The minimum Gasteiger partial charge on any atom is -0.486 e. The van der Waals surface area contributed by atoms with Gasteiger partial charge in [0.2, 0.25) is 0 Å². The first kappa shape index (κ1) is 22.3. The molecule has 1 aliphatic heterocycles. The molecule has 7 heteroatoms. The highest BCUT2D eigenvalue weighted by molar-refractivity contribution is 5.77. The van der Waals surface area contributed by atoms with Crippen LogP contribution in [-0.2, 0) is 11.3 Å². The summed E-state index contributed by atoms with van der Waals surface area (Å²) in [5.74, 6) is 1.19. The molecule has 3 aromatic rings. The lowest BCUT2D eigenvalue weighted by molar-refractivity contribution is 0.00402. The first-order chi connectivity index (χ1) is 16.3. The monoisotopic (exact) mass is 458 g/mol. The van der Waals surface area contributed by atoms with Gasteiger partial charge in [0.25, 0.3) is 0 Å². The molecule has 2 fully saturated rings. The SMILES string of the molecule is CC(C)(CN1C[C@@]2(CCC[C@H](Cn3cnc4cc(C#N)ccc43)C2)OC1=O)Oc1ccccc1. The number of fused-ring (bicyclic) bond motifs is 1. The second kappa shape index (κ2) is 8.68. The van der Waals surface area contributed by atoms with Gasteiger partial charge in [-0.15, -0.1) is 0 Å². The summed E-state index contributed by atoms with van der Waals surface area (Å²) in [6.45, 7) is 5.90. The minimum absolute atomic E-state index is 0.248. The topological polar surface area (TPSA) is 80.4 Å². The van der Waals surface area contributed by atoms with Crippen molar-refractivity contribution >= 4 is 17.1 Å². The Kier molecular flexibility index (Phi) is 5.68. The normalized spacial score (nSPS) is 22.7. The average Bonchev–Trinajstić information content (AvgIpc) is 3.33. The number of rotatable bonds is 6. The van der Waals surface area contributed by atoms with E-state index in [-0.39, 0.29) is 6.09 Å². The second-order valence-electron chi connectivity index (χ2n) is 10.3. The third-order valence-electron chi connectivity index (χ3n) is 6.86. The number of amides is 1. The van der Waals surface area contributed by atoms with Gasteiger partial charge in [0.1, 0.15) is 17.0 Å². The van der Waals surface area contributed by atoms with Gasteiger partial charge < -0.3 is 18.9 Å². The Bertz CT molecular complexity index is 1230. The van der Waals surface area contributed by atoms with Gasteiger partial charge in [0, 0.05) is 6.54 Å². The molecule has 0 radical (unpaired) electrons. The van der Waals surface area contributed by atoms with Crippen molar-refractivity contribution in [1.29, 1.82) is 5.26 Å². The van der Waals surface area contributed by atoms with Gasteiger partial charge in [-0.3, -0.25) is 0 Å². The van der Waals surface area contributed by atoms with Crippen LogP contribution in [0.4, 0.5) is 4.79 Å². The zero-order valence-electron chi connectivity index (χ0n) is 19.7. The quantitative estimate of drug-likeness (QED) is 0.511. The molecule has 1 spiro atoms. The molecule has 1 aromatic heterocycles. The maximum absolute atomic E-state index is 12.8. The zero-order chi connectivity index (χ0) is 23.8. The summed E-state index contributed by atoms with van der Waals surface area (Å²) in [6.07, 6.45) is 5.46. The molecule has 2 heterocycles. The molecule has 0 bridgehead atoms. The molecular formula is C27H30N4O3. The van der Waals surface area contributed by atoms with Gasteiger partial charge in [0.05, 0.1) is 42.1 Å². The summed E-state index contributed by atoms with van der Waals surface area (Å²) in [5, 5.41) is 9.13. The highest BCUT2D eigenvalue weighted by atomic mass is 16.6. The number of ether oxygens (including phenoxy) is 2. The molecule has 2 aliphatic rings. The maximum Gasteiger partial charge on any atom is 0.410 e. The largest absolute Gasteiger partial charge is 0.486 e. The molecule has 0 N–H and O–H groups in total. The van der Waals surface area contributed by atoms with Crippen LogP contribution in [0.15, 0.2) is 54.9 Å². The Hall–Kier alpha value is -3.53. The van der Waals surface area contributed by atoms with Crippen LogP contribution < -0.4 is 4.74 Å². The Morgan fingerprint density at radius 2 is 2.09 bits per heavy atom. The van der Waals surface area contributed by atoms with E-state index in [1.807, 2.05) is 68.7 Å². The van der Waals surface area contributed by atoms with Crippen molar-refractivity contribution in [2.24, 2.45) is 5.92 Å². The first-order valence-corrected chi connectivity index (χ1v) is 11.9. The number of carbonyl (C=O) groups is 1. The molecule has 5 rings (SSSR count). The third kappa shape index (κ3) is 4.58. The fourth-order valence-electron chi connectivity index (χ4n) is 5.51. The van der Waals surface area contributed by atoms with Crippen molar-refractivity contribution in [1.82, 2.24) is 14.5 Å². The average molecular weight is 459 g/mol. The smallest absolute Gasteiger partial charge is 0.410 e. The molecule has 34 heavy (non-hydrogen) atoms. The Morgan fingerprint density at radius 3 is 2.88 bits per heavy atom. The van der Waals surface area contributed by atoms with E-state index in [0.717, 1.165) is 49.0 Å². The lowest BCUT2D eigenvalue weighted by Gasteiger charge is -2.36. The number of hydrogen-bond acceptors (Lipinski definition) is 5. The summed E-state index contributed by atoms with van der Waals surface area (Å²) in [5.41, 5.74) is 1.52. The van der Waals surface area contributed by atoms with Gasteiger partial charge in [-0.25, -0.2) is 9.78 Å². The van der Waals surface area contributed by atoms with Gasteiger partial charge in [-0.1, -0.05) is 18.2 Å². The summed E-state index contributed by atoms with van der Waals surface area (Å²) in [7, 11) is 0. The number of imidazole rings is 1. The van der Waals surface area contributed by atoms with E-state index in [4.69, 9.17) is 14.7 Å². The standard InChI is InChI=1S/C27H30N4O3/c1-26(2,33-22-8-4-3-5-9-22)17-31-18-27(34-25(31)32)12-6-7-21(14-27)16-30-19-29-23-13-20(15-28)10-11-24(23)30/h3-5,8-11,13,19,21H,6-7,12,14,16-18H2,1-2H3/t21-,27-/m0/s1. The zero-order valence-corrected chi connectivity index (χ0v) is 19.7. The number of benzene rings is 2. The predicted octanol–water partition coefficient (Wildman–Crippen LogP) is 5.15. The van der Waals surface area contributed by atoms with E-state index in [9.17, 15) is 4.79 Å². The van der Waals surface area contributed by atoms with E-state index >= 15 is 0 Å². The van der Waals surface area contributed by atoms with Crippen molar-refractivity contribution < 1.29 is 14.3 Å². The van der Waals surface area contributed by atoms with Crippen LogP contribution in [0.25, 0.3) is 11.0 Å². The van der Waals surface area contributed by atoms with Crippen LogP contribution in [0.1, 0.15) is 45.1 Å². The molecule has 1 aliphatic carbocycles. The number of nitrogens with zero attached hydrogens (tertiary/aromatic N) is 4. The summed E-state index contributed by atoms with van der Waals surface area (Å²) in [4.78, 5) is 19.1. The van der Waals surface area contributed by atoms with E-state index < -0.39 is 11.2 Å². The van der Waals surface area contributed by atoms with Crippen molar-refractivity contribution in [2.45, 2.75) is 57.3 Å². The Morgan fingerprint density at radius 1 is 1.26 bits per heavy atom. The lowest BCUT2D eigenvalue weighted by atomic mass is 9.78. The Labute approximate surface area is 199 Å².